The Morgan fingerprint density at radius 3 is 2.92 bits per heavy atom. The summed E-state index contributed by atoms with van der Waals surface area (Å²) in [5, 5.41) is 0.0458. The van der Waals surface area contributed by atoms with E-state index in [-0.39, 0.29) is 20.9 Å². The summed E-state index contributed by atoms with van der Waals surface area (Å²) < 4.78 is 34.8. The van der Waals surface area contributed by atoms with E-state index in [4.69, 9.17) is 27.9 Å². The van der Waals surface area contributed by atoms with Gasteiger partial charge in [-0.15, -0.1) is 0 Å². The molecule has 1 N–H and O–H groups in total. The second-order valence-corrected chi connectivity index (χ2v) is 8.13. The summed E-state index contributed by atoms with van der Waals surface area (Å²) in [5.74, 6) is 1.51. The summed E-state index contributed by atoms with van der Waals surface area (Å²) in [6, 6.07) is 2.88. The summed E-state index contributed by atoms with van der Waals surface area (Å²) in [7, 11) is -2.31. The Hall–Kier alpha value is -1.28. The molecular weight excluding hydrogens is 373 g/mol. The fourth-order valence-corrected chi connectivity index (χ4v) is 4.73. The lowest BCUT2D eigenvalue weighted by Gasteiger charge is -2.23. The van der Waals surface area contributed by atoms with Gasteiger partial charge >= 0.3 is 0 Å². The molecule has 1 aromatic heterocycles. The van der Waals surface area contributed by atoms with E-state index >= 15 is 0 Å². The van der Waals surface area contributed by atoms with E-state index in [1.165, 1.54) is 19.2 Å². The van der Waals surface area contributed by atoms with Crippen molar-refractivity contribution >= 4 is 33.2 Å². The Morgan fingerprint density at radius 2 is 2.17 bits per heavy atom. The smallest absolute Gasteiger partial charge is 0.242 e. The Kier molecular flexibility index (Phi) is 5.05. The molecule has 3 rings (SSSR count). The highest BCUT2D eigenvalue weighted by Crippen LogP contribution is 2.36. The van der Waals surface area contributed by atoms with Crippen molar-refractivity contribution in [2.75, 3.05) is 13.7 Å². The van der Waals surface area contributed by atoms with E-state index in [9.17, 15) is 8.42 Å². The molecule has 0 aliphatic carbocycles. The van der Waals surface area contributed by atoms with E-state index in [0.29, 0.717) is 12.3 Å². The average Bonchev–Trinajstić information content (AvgIpc) is 3.03. The fraction of sp³-hybridized carbons (Fsp3) is 0.400. The van der Waals surface area contributed by atoms with Crippen molar-refractivity contribution in [1.29, 1.82) is 0 Å². The average molecular weight is 390 g/mol. The largest absolute Gasteiger partial charge is 0.495 e. The van der Waals surface area contributed by atoms with Gasteiger partial charge in [0.25, 0.3) is 0 Å². The number of nitrogens with one attached hydrogen (secondary N) is 1. The Morgan fingerprint density at radius 1 is 1.38 bits per heavy atom. The first-order valence-electron chi connectivity index (χ1n) is 7.44. The van der Waals surface area contributed by atoms with Crippen LogP contribution in [-0.4, -0.2) is 31.6 Å². The Bertz CT molecular complexity index is 852. The van der Waals surface area contributed by atoms with Gasteiger partial charge in [0.2, 0.25) is 10.0 Å². The minimum atomic E-state index is -3.75. The maximum Gasteiger partial charge on any atom is 0.242 e. The summed E-state index contributed by atoms with van der Waals surface area (Å²) in [4.78, 5) is 4.24. The number of benzene rings is 1. The van der Waals surface area contributed by atoms with Crippen molar-refractivity contribution in [2.24, 2.45) is 5.92 Å². The molecule has 0 spiro atoms. The molecule has 1 aromatic carbocycles. The van der Waals surface area contributed by atoms with Crippen LogP contribution in [-0.2, 0) is 23.0 Å². The van der Waals surface area contributed by atoms with Crippen LogP contribution in [0.4, 0.5) is 0 Å². The van der Waals surface area contributed by atoms with Crippen molar-refractivity contribution in [3.63, 3.8) is 0 Å². The first kappa shape index (κ1) is 17.5. The molecule has 6 nitrogen and oxygen atoms in total. The number of ether oxygens (including phenoxy) is 1. The highest BCUT2D eigenvalue weighted by atomic mass is 35.5. The molecule has 2 aromatic rings. The number of sulfonamides is 1. The predicted molar refractivity (Wildman–Crippen MR) is 92.2 cm³/mol. The van der Waals surface area contributed by atoms with Gasteiger partial charge in [-0.1, -0.05) is 23.2 Å². The number of methoxy groups -OCH3 is 1. The van der Waals surface area contributed by atoms with Crippen LogP contribution in [0.1, 0.15) is 12.2 Å². The number of hydrogen-bond acceptors (Lipinski definition) is 4. The van der Waals surface area contributed by atoms with Gasteiger partial charge < -0.3 is 9.30 Å². The first-order chi connectivity index (χ1) is 11.4. The Labute approximate surface area is 150 Å². The van der Waals surface area contributed by atoms with Crippen LogP contribution in [0.2, 0.25) is 10.0 Å². The number of aryl methyl sites for hydroxylation is 1. The molecule has 0 saturated carbocycles. The van der Waals surface area contributed by atoms with Gasteiger partial charge in [0, 0.05) is 31.9 Å². The summed E-state index contributed by atoms with van der Waals surface area (Å²) in [5.41, 5.74) is 0. The maximum atomic E-state index is 12.5. The number of aromatic nitrogens is 2. The van der Waals surface area contributed by atoms with Crippen LogP contribution in [0.15, 0.2) is 29.4 Å². The van der Waals surface area contributed by atoms with Crippen LogP contribution in [0.5, 0.6) is 5.75 Å². The van der Waals surface area contributed by atoms with Gasteiger partial charge in [-0.3, -0.25) is 0 Å². The van der Waals surface area contributed by atoms with E-state index in [0.717, 1.165) is 25.2 Å². The van der Waals surface area contributed by atoms with Crippen LogP contribution < -0.4 is 9.46 Å². The van der Waals surface area contributed by atoms with Crippen molar-refractivity contribution in [2.45, 2.75) is 24.3 Å². The second kappa shape index (κ2) is 6.92. The molecule has 0 amide bonds. The standard InChI is InChI=1S/C15H17Cl2N3O3S/c1-23-11-2-3-12(15(17)14(11)16)24(21,22)19-9-10-4-6-20-7-5-18-13(20)8-10/h2-3,5,7,10,19H,4,6,8-9H2,1H3/t10-/m1/s1. The third-order valence-corrected chi connectivity index (χ3v) is 6.58. The van der Waals surface area contributed by atoms with Gasteiger partial charge in [0.1, 0.15) is 21.5 Å². The van der Waals surface area contributed by atoms with Gasteiger partial charge in [0.05, 0.1) is 12.1 Å². The lowest BCUT2D eigenvalue weighted by Crippen LogP contribution is -2.33. The van der Waals surface area contributed by atoms with E-state index in [1.54, 1.807) is 6.20 Å². The molecule has 0 saturated heterocycles. The zero-order valence-electron chi connectivity index (χ0n) is 13.0. The number of imidazole rings is 1. The molecule has 2 heterocycles. The molecule has 130 valence electrons. The fourth-order valence-electron chi connectivity index (χ4n) is 2.77. The third kappa shape index (κ3) is 3.39. The lowest BCUT2D eigenvalue weighted by atomic mass is 9.98. The SMILES string of the molecule is COc1ccc(S(=O)(=O)NC[C@@H]2CCn3ccnc3C2)c(Cl)c1Cl. The quantitative estimate of drug-likeness (QED) is 0.852. The maximum absolute atomic E-state index is 12.5. The number of nitrogens with zero attached hydrogens (tertiary/aromatic N) is 2. The normalized spacial score (nSPS) is 17.5. The molecule has 9 heteroatoms. The summed E-state index contributed by atoms with van der Waals surface area (Å²) >= 11 is 12.1. The van der Waals surface area contributed by atoms with E-state index < -0.39 is 10.0 Å². The summed E-state index contributed by atoms with van der Waals surface area (Å²) in [6.07, 6.45) is 5.34. The van der Waals surface area contributed by atoms with Gasteiger partial charge in [-0.05, 0) is 24.5 Å². The minimum Gasteiger partial charge on any atom is -0.495 e. The molecule has 1 atom stereocenters. The monoisotopic (exact) mass is 389 g/mol. The summed E-state index contributed by atoms with van der Waals surface area (Å²) in [6.45, 7) is 1.17. The second-order valence-electron chi connectivity index (χ2n) is 5.64. The molecule has 0 radical (unpaired) electrons. The first-order valence-corrected chi connectivity index (χ1v) is 9.68. The molecule has 0 unspecified atom stereocenters. The number of fused-ring (bicyclic) bond motifs is 1. The van der Waals surface area contributed by atoms with Crippen LogP contribution in [0.3, 0.4) is 0 Å². The Balaban J connectivity index is 1.72. The molecule has 0 fully saturated rings. The predicted octanol–water partition coefficient (Wildman–Crippen LogP) is 2.74. The molecule has 1 aliphatic rings. The van der Waals surface area contributed by atoms with Crippen LogP contribution >= 0.6 is 23.2 Å². The number of rotatable bonds is 5. The number of hydrogen-bond donors (Lipinski definition) is 1. The minimum absolute atomic E-state index is 0.0392. The number of halogens is 2. The molecule has 1 aliphatic heterocycles. The topological polar surface area (TPSA) is 73.2 Å². The van der Waals surface area contributed by atoms with E-state index in [1.807, 2.05) is 6.20 Å². The van der Waals surface area contributed by atoms with Crippen LogP contribution in [0, 0.1) is 5.92 Å². The van der Waals surface area contributed by atoms with Crippen molar-refractivity contribution in [3.05, 3.63) is 40.4 Å². The van der Waals surface area contributed by atoms with Gasteiger partial charge in [0.15, 0.2) is 0 Å². The molecule has 24 heavy (non-hydrogen) atoms. The van der Waals surface area contributed by atoms with Crippen molar-refractivity contribution in [3.8, 4) is 5.75 Å². The molecule has 0 bridgehead atoms. The van der Waals surface area contributed by atoms with Crippen molar-refractivity contribution in [1.82, 2.24) is 14.3 Å². The van der Waals surface area contributed by atoms with Gasteiger partial charge in [-0.2, -0.15) is 0 Å². The van der Waals surface area contributed by atoms with Crippen LogP contribution in [0.25, 0.3) is 0 Å². The van der Waals surface area contributed by atoms with Crippen molar-refractivity contribution < 1.29 is 13.2 Å². The highest BCUT2D eigenvalue weighted by molar-refractivity contribution is 7.89. The zero-order valence-corrected chi connectivity index (χ0v) is 15.3. The lowest BCUT2D eigenvalue weighted by molar-refractivity contribution is 0.379. The molecular formula is C15H17Cl2N3O3S. The highest BCUT2D eigenvalue weighted by Gasteiger charge is 2.25. The third-order valence-electron chi connectivity index (χ3n) is 4.13. The van der Waals surface area contributed by atoms with E-state index in [2.05, 4.69) is 14.3 Å². The van der Waals surface area contributed by atoms with Gasteiger partial charge in [-0.25, -0.2) is 18.1 Å². The zero-order chi connectivity index (χ0) is 17.3.